The molecule has 0 saturated heterocycles. The van der Waals surface area contributed by atoms with Crippen molar-refractivity contribution in [3.63, 3.8) is 0 Å². The molecule has 11 heteroatoms. The van der Waals surface area contributed by atoms with Crippen molar-refractivity contribution in [2.75, 3.05) is 24.1 Å². The van der Waals surface area contributed by atoms with Gasteiger partial charge in [-0.2, -0.15) is 0 Å². The Labute approximate surface area is 222 Å². The highest BCUT2D eigenvalue weighted by atomic mass is 35.5. The molecule has 1 aliphatic rings. The zero-order chi connectivity index (χ0) is 26.6. The fourth-order valence-corrected chi connectivity index (χ4v) is 5.91. The van der Waals surface area contributed by atoms with Gasteiger partial charge in [0.05, 0.1) is 9.92 Å². The monoisotopic (exact) mass is 546 g/mol. The van der Waals surface area contributed by atoms with Crippen molar-refractivity contribution in [2.24, 2.45) is 0 Å². The molecule has 198 valence electrons. The molecule has 0 radical (unpaired) electrons. The third-order valence-corrected chi connectivity index (χ3v) is 8.54. The lowest BCUT2D eigenvalue weighted by Gasteiger charge is -2.32. The highest BCUT2D eigenvalue weighted by Gasteiger charge is 2.23. The summed E-state index contributed by atoms with van der Waals surface area (Å²) in [5.41, 5.74) is 1.85. The molecule has 0 atom stereocenters. The molecular formula is C26H32ClFN6O2S. The summed E-state index contributed by atoms with van der Waals surface area (Å²) < 4.78 is 42.4. The molecule has 2 N–H and O–H groups in total. The predicted octanol–water partition coefficient (Wildman–Crippen LogP) is 4.84. The van der Waals surface area contributed by atoms with E-state index in [0.717, 1.165) is 31.2 Å². The van der Waals surface area contributed by atoms with Gasteiger partial charge >= 0.3 is 0 Å². The van der Waals surface area contributed by atoms with Gasteiger partial charge < -0.3 is 10.2 Å². The van der Waals surface area contributed by atoms with Crippen molar-refractivity contribution in [1.29, 1.82) is 0 Å². The van der Waals surface area contributed by atoms with E-state index in [-0.39, 0.29) is 9.92 Å². The van der Waals surface area contributed by atoms with E-state index in [1.54, 1.807) is 37.5 Å². The Morgan fingerprint density at radius 1 is 1.05 bits per heavy atom. The molecule has 0 unspecified atom stereocenters. The Hall–Kier alpha value is -2.82. The van der Waals surface area contributed by atoms with Crippen molar-refractivity contribution in [3.05, 3.63) is 70.4 Å². The summed E-state index contributed by atoms with van der Waals surface area (Å²) in [6.07, 6.45) is 8.94. The number of hydrogen-bond acceptors (Lipinski definition) is 7. The van der Waals surface area contributed by atoms with E-state index in [1.807, 2.05) is 0 Å². The van der Waals surface area contributed by atoms with Gasteiger partial charge in [0.15, 0.2) is 11.6 Å². The van der Waals surface area contributed by atoms with Crippen LogP contribution in [-0.2, 0) is 22.9 Å². The molecule has 4 rings (SSSR count). The number of hydrogen-bond donors (Lipinski definition) is 2. The maximum absolute atomic E-state index is 15.0. The third kappa shape index (κ3) is 6.74. The minimum atomic E-state index is -3.99. The molecule has 1 fully saturated rings. The lowest BCUT2D eigenvalue weighted by molar-refractivity contribution is 0.221. The van der Waals surface area contributed by atoms with Crippen LogP contribution in [0.5, 0.6) is 0 Å². The lowest BCUT2D eigenvalue weighted by atomic mass is 9.91. The maximum Gasteiger partial charge on any atom is 0.263 e. The van der Waals surface area contributed by atoms with Gasteiger partial charge in [-0.15, -0.1) is 0 Å². The number of nitrogens with one attached hydrogen (secondary N) is 2. The van der Waals surface area contributed by atoms with Crippen LogP contribution in [-0.4, -0.2) is 54.4 Å². The van der Waals surface area contributed by atoms with Crippen LogP contribution in [0.25, 0.3) is 0 Å². The molecule has 3 aromatic rings. The van der Waals surface area contributed by atoms with Crippen LogP contribution in [0, 0.1) is 12.7 Å². The average Bonchev–Trinajstić information content (AvgIpc) is 2.89. The zero-order valence-corrected chi connectivity index (χ0v) is 22.8. The second-order valence-corrected chi connectivity index (χ2v) is 11.7. The van der Waals surface area contributed by atoms with Crippen molar-refractivity contribution in [3.8, 4) is 0 Å². The van der Waals surface area contributed by atoms with Crippen LogP contribution >= 0.6 is 11.6 Å². The molecule has 37 heavy (non-hydrogen) atoms. The number of nitrogens with zero attached hydrogens (tertiary/aromatic N) is 4. The summed E-state index contributed by atoms with van der Waals surface area (Å²) in [6, 6.07) is 8.71. The van der Waals surface area contributed by atoms with Gasteiger partial charge in [-0.05, 0) is 82.8 Å². The molecule has 2 heterocycles. The van der Waals surface area contributed by atoms with E-state index in [9.17, 15) is 8.42 Å². The van der Waals surface area contributed by atoms with Crippen LogP contribution in [0.1, 0.15) is 42.5 Å². The number of anilines is 2. The standard InChI is InChI=1S/C26H32ClFN6O2S/c1-17-22(23(27)24(28)25(31-17)33-37(35,36)21-7-5-4-6-8-21)14-9-18-15-29-26(30-16-18)32-19-10-12-20(13-11-19)34(2)3/h4-8,15-16,19-20H,9-14H2,1-3H3,(H,31,33)(H,29,30,32). The van der Waals surface area contributed by atoms with Crippen LogP contribution in [0.3, 0.4) is 0 Å². The summed E-state index contributed by atoms with van der Waals surface area (Å²) in [5.74, 6) is -0.718. The first-order valence-electron chi connectivity index (χ1n) is 12.3. The number of benzene rings is 1. The van der Waals surface area contributed by atoms with Crippen molar-refractivity contribution >= 4 is 33.4 Å². The van der Waals surface area contributed by atoms with E-state index >= 15 is 4.39 Å². The zero-order valence-electron chi connectivity index (χ0n) is 21.2. The van der Waals surface area contributed by atoms with Crippen molar-refractivity contribution in [2.45, 2.75) is 62.4 Å². The number of rotatable bonds is 9. The molecule has 0 aliphatic heterocycles. The Bertz CT molecular complexity index is 1320. The highest BCUT2D eigenvalue weighted by Crippen LogP contribution is 2.30. The largest absolute Gasteiger partial charge is 0.351 e. The number of aryl methyl sites for hydroxylation is 2. The molecular weight excluding hydrogens is 515 g/mol. The molecule has 0 spiro atoms. The van der Waals surface area contributed by atoms with Gasteiger partial charge in [0, 0.05) is 30.2 Å². The summed E-state index contributed by atoms with van der Waals surface area (Å²) in [4.78, 5) is 15.4. The molecule has 2 aromatic heterocycles. The molecule has 1 aromatic carbocycles. The molecule has 1 aliphatic carbocycles. The average molecular weight is 547 g/mol. The maximum atomic E-state index is 15.0. The number of pyridine rings is 1. The van der Waals surface area contributed by atoms with Crippen LogP contribution in [0.15, 0.2) is 47.6 Å². The Morgan fingerprint density at radius 3 is 2.32 bits per heavy atom. The van der Waals surface area contributed by atoms with E-state index < -0.39 is 21.7 Å². The van der Waals surface area contributed by atoms with Crippen LogP contribution in [0.4, 0.5) is 16.2 Å². The summed E-state index contributed by atoms with van der Waals surface area (Å²) >= 11 is 6.31. The van der Waals surface area contributed by atoms with Gasteiger partial charge in [-0.3, -0.25) is 4.72 Å². The van der Waals surface area contributed by atoms with E-state index in [0.29, 0.717) is 42.1 Å². The first kappa shape index (κ1) is 27.2. The van der Waals surface area contributed by atoms with E-state index in [2.05, 4.69) is 44.0 Å². The smallest absolute Gasteiger partial charge is 0.263 e. The SMILES string of the molecule is Cc1nc(NS(=O)(=O)c2ccccc2)c(F)c(Cl)c1CCc1cnc(NC2CCC(N(C)C)CC2)nc1. The fraction of sp³-hybridized carbons (Fsp3) is 0.423. The van der Waals surface area contributed by atoms with E-state index in [1.165, 1.54) is 12.1 Å². The first-order chi connectivity index (χ1) is 17.6. The normalized spacial score (nSPS) is 18.1. The van der Waals surface area contributed by atoms with Crippen molar-refractivity contribution < 1.29 is 12.8 Å². The second kappa shape index (κ2) is 11.7. The second-order valence-electron chi connectivity index (χ2n) is 9.60. The Kier molecular flexibility index (Phi) is 8.61. The van der Waals surface area contributed by atoms with Crippen molar-refractivity contribution in [1.82, 2.24) is 19.9 Å². The minimum Gasteiger partial charge on any atom is -0.351 e. The van der Waals surface area contributed by atoms with Gasteiger partial charge in [-0.1, -0.05) is 29.8 Å². The van der Waals surface area contributed by atoms with Crippen LogP contribution in [0.2, 0.25) is 5.02 Å². The fourth-order valence-electron chi connectivity index (χ4n) is 4.57. The van der Waals surface area contributed by atoms with Gasteiger partial charge in [-0.25, -0.2) is 27.8 Å². The quantitative estimate of drug-likeness (QED) is 0.396. The molecule has 0 bridgehead atoms. The summed E-state index contributed by atoms with van der Waals surface area (Å²) in [6.45, 7) is 1.68. The number of halogens is 2. The lowest BCUT2D eigenvalue weighted by Crippen LogP contribution is -2.36. The summed E-state index contributed by atoms with van der Waals surface area (Å²) in [7, 11) is 0.257. The number of aromatic nitrogens is 3. The van der Waals surface area contributed by atoms with Gasteiger partial charge in [0.25, 0.3) is 10.0 Å². The van der Waals surface area contributed by atoms with Gasteiger partial charge in [0.2, 0.25) is 5.95 Å². The number of sulfonamides is 1. The predicted molar refractivity (Wildman–Crippen MR) is 144 cm³/mol. The molecule has 0 amide bonds. The molecule has 8 nitrogen and oxygen atoms in total. The Balaban J connectivity index is 1.38. The van der Waals surface area contributed by atoms with E-state index in [4.69, 9.17) is 11.6 Å². The third-order valence-electron chi connectivity index (χ3n) is 6.80. The highest BCUT2D eigenvalue weighted by molar-refractivity contribution is 7.92. The van der Waals surface area contributed by atoms with Crippen LogP contribution < -0.4 is 10.0 Å². The first-order valence-corrected chi connectivity index (χ1v) is 14.2. The molecule has 1 saturated carbocycles. The summed E-state index contributed by atoms with van der Waals surface area (Å²) in [5, 5.41) is 3.28. The Morgan fingerprint density at radius 2 is 1.70 bits per heavy atom. The van der Waals surface area contributed by atoms with Gasteiger partial charge in [0.1, 0.15) is 0 Å². The minimum absolute atomic E-state index is 0.00762. The topological polar surface area (TPSA) is 100 Å².